The molecule has 102 valence electrons. The first-order valence-corrected chi connectivity index (χ1v) is 6.65. The first kappa shape index (κ1) is 12.4. The van der Waals surface area contributed by atoms with E-state index in [4.69, 9.17) is 9.15 Å². The number of aromatic nitrogens is 1. The van der Waals surface area contributed by atoms with Crippen molar-refractivity contribution in [2.45, 2.75) is 18.9 Å². The molecule has 5 nitrogen and oxygen atoms in total. The summed E-state index contributed by atoms with van der Waals surface area (Å²) in [6, 6.07) is 6.08. The Morgan fingerprint density at radius 1 is 1.47 bits per heavy atom. The minimum atomic E-state index is -0.408. The summed E-state index contributed by atoms with van der Waals surface area (Å²) in [4.78, 5) is 13.8. The molecule has 0 saturated carbocycles. The highest BCUT2D eigenvalue weighted by Crippen LogP contribution is 2.29. The standard InChI is InChI=1S/C14H18N2O3/c1-15-13(10-3-2-6-18-8-10)9-4-5-11-12(7-9)19-14(17)16-11/h4-5,7,10,13,15H,2-3,6,8H2,1H3,(H,16,17). The van der Waals surface area contributed by atoms with Crippen LogP contribution in [0.3, 0.4) is 0 Å². The Bertz CT molecular complexity index is 610. The minimum Gasteiger partial charge on any atom is -0.408 e. The zero-order valence-corrected chi connectivity index (χ0v) is 10.9. The normalized spacial score (nSPS) is 21.6. The Hall–Kier alpha value is -1.59. The molecule has 1 aromatic heterocycles. The van der Waals surface area contributed by atoms with E-state index in [1.165, 1.54) is 0 Å². The lowest BCUT2D eigenvalue weighted by Crippen LogP contribution is -2.31. The smallest absolute Gasteiger partial charge is 0.408 e. The van der Waals surface area contributed by atoms with Gasteiger partial charge in [0, 0.05) is 18.6 Å². The van der Waals surface area contributed by atoms with Gasteiger partial charge in [-0.2, -0.15) is 0 Å². The number of H-pyrrole nitrogens is 1. The lowest BCUT2D eigenvalue weighted by atomic mass is 9.89. The summed E-state index contributed by atoms with van der Waals surface area (Å²) in [6.07, 6.45) is 2.25. The van der Waals surface area contributed by atoms with Crippen LogP contribution in [0.1, 0.15) is 24.4 Å². The van der Waals surface area contributed by atoms with Gasteiger partial charge in [-0.05, 0) is 37.6 Å². The van der Waals surface area contributed by atoms with E-state index in [1.54, 1.807) is 0 Å². The third-order valence-corrected chi connectivity index (χ3v) is 3.78. The molecule has 5 heteroatoms. The van der Waals surface area contributed by atoms with Crippen LogP contribution in [0.5, 0.6) is 0 Å². The summed E-state index contributed by atoms with van der Waals surface area (Å²) in [5.74, 6) is 0.0519. The monoisotopic (exact) mass is 262 g/mol. The van der Waals surface area contributed by atoms with E-state index in [1.807, 2.05) is 25.2 Å². The summed E-state index contributed by atoms with van der Waals surface area (Å²) in [5, 5.41) is 3.35. The molecule has 2 heterocycles. The minimum absolute atomic E-state index is 0.227. The van der Waals surface area contributed by atoms with E-state index in [0.29, 0.717) is 11.5 Å². The summed E-state index contributed by atoms with van der Waals surface area (Å²) >= 11 is 0. The van der Waals surface area contributed by atoms with Crippen molar-refractivity contribution in [3.8, 4) is 0 Å². The topological polar surface area (TPSA) is 67.3 Å². The highest BCUT2D eigenvalue weighted by molar-refractivity contribution is 5.72. The van der Waals surface area contributed by atoms with E-state index >= 15 is 0 Å². The molecular formula is C14H18N2O3. The van der Waals surface area contributed by atoms with E-state index in [0.717, 1.165) is 37.1 Å². The average molecular weight is 262 g/mol. The maximum atomic E-state index is 11.2. The number of fused-ring (bicyclic) bond motifs is 1. The quantitative estimate of drug-likeness (QED) is 0.885. The van der Waals surface area contributed by atoms with Gasteiger partial charge >= 0.3 is 5.76 Å². The largest absolute Gasteiger partial charge is 0.417 e. The number of benzene rings is 1. The predicted octanol–water partition coefficient (Wildman–Crippen LogP) is 1.81. The second kappa shape index (κ2) is 5.19. The van der Waals surface area contributed by atoms with Gasteiger partial charge in [-0.25, -0.2) is 4.79 Å². The van der Waals surface area contributed by atoms with Gasteiger partial charge in [0.2, 0.25) is 0 Å². The Balaban J connectivity index is 1.93. The fraction of sp³-hybridized carbons (Fsp3) is 0.500. The van der Waals surface area contributed by atoms with Crippen LogP contribution in [0, 0.1) is 5.92 Å². The van der Waals surface area contributed by atoms with Gasteiger partial charge in [0.05, 0.1) is 12.1 Å². The first-order valence-electron chi connectivity index (χ1n) is 6.65. The number of hydrogen-bond acceptors (Lipinski definition) is 4. The van der Waals surface area contributed by atoms with Gasteiger partial charge in [0.15, 0.2) is 5.58 Å². The molecule has 19 heavy (non-hydrogen) atoms. The van der Waals surface area contributed by atoms with Crippen molar-refractivity contribution in [1.82, 2.24) is 10.3 Å². The maximum Gasteiger partial charge on any atom is 0.417 e. The van der Waals surface area contributed by atoms with Crippen LogP contribution in [0.25, 0.3) is 11.1 Å². The molecule has 0 spiro atoms. The number of nitrogens with one attached hydrogen (secondary N) is 2. The average Bonchev–Trinajstić information content (AvgIpc) is 2.80. The molecule has 2 atom stereocenters. The van der Waals surface area contributed by atoms with Crippen molar-refractivity contribution >= 4 is 11.1 Å². The fourth-order valence-electron chi connectivity index (χ4n) is 2.86. The van der Waals surface area contributed by atoms with Gasteiger partial charge in [-0.15, -0.1) is 0 Å². The Morgan fingerprint density at radius 3 is 3.11 bits per heavy atom. The molecule has 2 N–H and O–H groups in total. The van der Waals surface area contributed by atoms with Crippen molar-refractivity contribution in [1.29, 1.82) is 0 Å². The fourth-order valence-corrected chi connectivity index (χ4v) is 2.86. The van der Waals surface area contributed by atoms with Crippen LogP contribution in [0.15, 0.2) is 27.4 Å². The van der Waals surface area contributed by atoms with Gasteiger partial charge in [0.25, 0.3) is 0 Å². The lowest BCUT2D eigenvalue weighted by molar-refractivity contribution is 0.0402. The number of rotatable bonds is 3. The highest BCUT2D eigenvalue weighted by Gasteiger charge is 2.24. The Kier molecular flexibility index (Phi) is 3.40. The second-order valence-electron chi connectivity index (χ2n) is 5.01. The van der Waals surface area contributed by atoms with Crippen LogP contribution < -0.4 is 11.1 Å². The van der Waals surface area contributed by atoms with Crippen molar-refractivity contribution < 1.29 is 9.15 Å². The third kappa shape index (κ3) is 2.43. The van der Waals surface area contributed by atoms with Crippen LogP contribution in [0.4, 0.5) is 0 Å². The molecule has 0 aliphatic carbocycles. The third-order valence-electron chi connectivity index (χ3n) is 3.78. The summed E-state index contributed by atoms with van der Waals surface area (Å²) < 4.78 is 10.7. The lowest BCUT2D eigenvalue weighted by Gasteiger charge is -2.30. The number of hydrogen-bond donors (Lipinski definition) is 2. The van der Waals surface area contributed by atoms with E-state index in [2.05, 4.69) is 10.3 Å². The summed E-state index contributed by atoms with van der Waals surface area (Å²) in [6.45, 7) is 1.64. The highest BCUT2D eigenvalue weighted by atomic mass is 16.5. The Morgan fingerprint density at radius 2 is 2.37 bits per heavy atom. The van der Waals surface area contributed by atoms with Crippen molar-refractivity contribution in [2.24, 2.45) is 5.92 Å². The molecule has 1 aliphatic rings. The maximum absolute atomic E-state index is 11.2. The molecular weight excluding hydrogens is 244 g/mol. The van der Waals surface area contributed by atoms with E-state index < -0.39 is 5.76 Å². The zero-order valence-electron chi connectivity index (χ0n) is 10.9. The molecule has 0 radical (unpaired) electrons. The zero-order chi connectivity index (χ0) is 13.2. The molecule has 2 aromatic rings. The van der Waals surface area contributed by atoms with Gasteiger partial charge in [-0.3, -0.25) is 4.98 Å². The van der Waals surface area contributed by atoms with Crippen molar-refractivity contribution in [3.63, 3.8) is 0 Å². The number of ether oxygens (including phenoxy) is 1. The van der Waals surface area contributed by atoms with E-state index in [-0.39, 0.29) is 6.04 Å². The molecule has 0 amide bonds. The van der Waals surface area contributed by atoms with Crippen LogP contribution in [-0.4, -0.2) is 25.2 Å². The predicted molar refractivity (Wildman–Crippen MR) is 72.2 cm³/mol. The van der Waals surface area contributed by atoms with Crippen LogP contribution in [-0.2, 0) is 4.74 Å². The van der Waals surface area contributed by atoms with Gasteiger partial charge < -0.3 is 14.5 Å². The van der Waals surface area contributed by atoms with E-state index in [9.17, 15) is 4.79 Å². The second-order valence-corrected chi connectivity index (χ2v) is 5.01. The Labute approximate surface area is 111 Å². The van der Waals surface area contributed by atoms with Crippen molar-refractivity contribution in [3.05, 3.63) is 34.3 Å². The molecule has 1 aromatic carbocycles. The SMILES string of the molecule is CNC(c1ccc2[nH]c(=O)oc2c1)C1CCCOC1. The molecule has 1 fully saturated rings. The molecule has 3 rings (SSSR count). The number of oxazole rings is 1. The van der Waals surface area contributed by atoms with Gasteiger partial charge in [-0.1, -0.05) is 6.07 Å². The molecule has 1 saturated heterocycles. The summed E-state index contributed by atoms with van der Waals surface area (Å²) in [7, 11) is 1.96. The van der Waals surface area contributed by atoms with Crippen LogP contribution in [0.2, 0.25) is 0 Å². The van der Waals surface area contributed by atoms with Crippen molar-refractivity contribution in [2.75, 3.05) is 20.3 Å². The van der Waals surface area contributed by atoms with Gasteiger partial charge in [0.1, 0.15) is 0 Å². The first-order chi connectivity index (χ1) is 9.28. The molecule has 0 bridgehead atoms. The molecule has 2 unspecified atom stereocenters. The number of aromatic amines is 1. The van der Waals surface area contributed by atoms with Crippen LogP contribution >= 0.6 is 0 Å². The summed E-state index contributed by atoms with van der Waals surface area (Å²) in [5.41, 5.74) is 2.48. The molecule has 1 aliphatic heterocycles.